The molecule has 0 heterocycles. The lowest BCUT2D eigenvalue weighted by Gasteiger charge is -2.21. The molecule has 4 rings (SSSR count). The molecule has 4 N–H and O–H groups in total. The van der Waals surface area contributed by atoms with Gasteiger partial charge in [0, 0.05) is 40.6 Å². The van der Waals surface area contributed by atoms with Crippen molar-refractivity contribution in [2.45, 2.75) is 52.2 Å². The van der Waals surface area contributed by atoms with Gasteiger partial charge in [0.15, 0.2) is 6.10 Å². The van der Waals surface area contributed by atoms with Gasteiger partial charge in [0.2, 0.25) is 6.41 Å². The number of nitrogens with zero attached hydrogens (tertiary/aromatic N) is 1. The highest BCUT2D eigenvalue weighted by Crippen LogP contribution is 2.28. The minimum atomic E-state index is -1.61. The Morgan fingerprint density at radius 2 is 1.56 bits per heavy atom. The van der Waals surface area contributed by atoms with E-state index in [1.807, 2.05) is 19.2 Å². The third kappa shape index (κ3) is 14.0. The maximum atomic E-state index is 12.1. The second kappa shape index (κ2) is 19.3. The second-order valence-electron chi connectivity index (χ2n) is 10.5. The van der Waals surface area contributed by atoms with Crippen LogP contribution in [0.2, 0.25) is 10.0 Å². The third-order valence-electron chi connectivity index (χ3n) is 6.43. The standard InChI is InChI=1S/C24H28N2O4.C7H5Cl2NO.C3H6O/c1-26(21-13-11-19(12-14-21)18-5-3-2-4-6-18)16-17-7-9-20(10-8-17)23(28)25-15-22(27)24(29)30;8-5-1-6(9)3-7(2-5)10-4-11;1-3(2)4/h5,7-14,22,27H,2-4,6,15-16H2,1H3,(H,25,28)(H,29,30);1-4H,(H,10,11);1-2H3. The Labute approximate surface area is 273 Å². The van der Waals surface area contributed by atoms with Crippen LogP contribution in [0.15, 0.2) is 72.8 Å². The number of ketones is 1. The van der Waals surface area contributed by atoms with E-state index in [0.717, 1.165) is 17.7 Å². The molecular weight excluding hydrogens is 617 g/mol. The second-order valence-corrected chi connectivity index (χ2v) is 11.3. The highest BCUT2D eigenvalue weighted by atomic mass is 35.5. The molecule has 1 unspecified atom stereocenters. The van der Waals surface area contributed by atoms with E-state index in [1.54, 1.807) is 30.3 Å². The van der Waals surface area contributed by atoms with Crippen LogP contribution in [0.25, 0.3) is 5.57 Å². The molecule has 1 atom stereocenters. The number of hydrogen-bond acceptors (Lipinski definition) is 6. The van der Waals surface area contributed by atoms with E-state index in [1.165, 1.54) is 44.2 Å². The topological polar surface area (TPSA) is 136 Å². The minimum Gasteiger partial charge on any atom is -0.479 e. The molecule has 0 aromatic heterocycles. The third-order valence-corrected chi connectivity index (χ3v) is 6.87. The maximum absolute atomic E-state index is 12.1. The molecule has 0 spiro atoms. The SMILES string of the molecule is CC(C)=O.CN(Cc1ccc(C(=O)NCC(O)C(=O)O)cc1)c1ccc(C2=CCCCC2)cc1.O=CNc1cc(Cl)cc(Cl)c1. The fraction of sp³-hybridized carbons (Fsp3) is 0.294. The van der Waals surface area contributed by atoms with Crippen molar-refractivity contribution in [1.29, 1.82) is 0 Å². The minimum absolute atomic E-state index is 0.167. The Kier molecular flexibility index (Phi) is 15.8. The summed E-state index contributed by atoms with van der Waals surface area (Å²) in [5.74, 6) is -1.61. The Hall–Kier alpha value is -4.18. The van der Waals surface area contributed by atoms with Gasteiger partial charge in [-0.2, -0.15) is 0 Å². The van der Waals surface area contributed by atoms with Gasteiger partial charge in [0.05, 0.1) is 6.54 Å². The summed E-state index contributed by atoms with van der Waals surface area (Å²) < 4.78 is 0. The quantitative estimate of drug-likeness (QED) is 0.180. The van der Waals surface area contributed by atoms with Crippen LogP contribution >= 0.6 is 23.2 Å². The predicted octanol–water partition coefficient (Wildman–Crippen LogP) is 6.61. The Morgan fingerprint density at radius 1 is 0.956 bits per heavy atom. The van der Waals surface area contributed by atoms with Gasteiger partial charge in [-0.05, 0) is 98.7 Å². The van der Waals surface area contributed by atoms with Gasteiger partial charge in [-0.15, -0.1) is 0 Å². The first-order valence-electron chi connectivity index (χ1n) is 14.3. The smallest absolute Gasteiger partial charge is 0.334 e. The van der Waals surface area contributed by atoms with Crippen molar-refractivity contribution in [2.24, 2.45) is 0 Å². The number of Topliss-reactive ketones (excluding diaryl/α,β-unsaturated/α-hetero) is 1. The highest BCUT2D eigenvalue weighted by molar-refractivity contribution is 6.35. The van der Waals surface area contributed by atoms with Crippen LogP contribution in [0, 0.1) is 0 Å². The number of carbonyl (C=O) groups is 4. The molecule has 1 aliphatic carbocycles. The van der Waals surface area contributed by atoms with Crippen molar-refractivity contribution in [2.75, 3.05) is 23.8 Å². The number of carboxylic acids is 1. The molecule has 1 aliphatic rings. The van der Waals surface area contributed by atoms with Crippen molar-refractivity contribution in [3.05, 3.63) is 99.5 Å². The fourth-order valence-electron chi connectivity index (χ4n) is 4.24. The summed E-state index contributed by atoms with van der Waals surface area (Å²) in [7, 11) is 2.03. The first-order valence-corrected chi connectivity index (χ1v) is 15.1. The summed E-state index contributed by atoms with van der Waals surface area (Å²) in [4.78, 5) is 44.3. The van der Waals surface area contributed by atoms with E-state index < -0.39 is 18.0 Å². The molecule has 0 bridgehead atoms. The Balaban J connectivity index is 0.000000388. The molecule has 0 saturated carbocycles. The molecule has 0 saturated heterocycles. The van der Waals surface area contributed by atoms with Gasteiger partial charge in [-0.3, -0.25) is 9.59 Å². The Bertz CT molecular complexity index is 1440. The number of hydrogen-bond donors (Lipinski definition) is 4. The van der Waals surface area contributed by atoms with Crippen molar-refractivity contribution in [1.82, 2.24) is 5.32 Å². The number of benzene rings is 3. The largest absolute Gasteiger partial charge is 0.479 e. The lowest BCUT2D eigenvalue weighted by atomic mass is 9.93. The summed E-state index contributed by atoms with van der Waals surface area (Å²) in [6.07, 6.45) is 6.19. The zero-order valence-corrected chi connectivity index (χ0v) is 27.1. The predicted molar refractivity (Wildman–Crippen MR) is 180 cm³/mol. The van der Waals surface area contributed by atoms with Crippen molar-refractivity contribution < 1.29 is 29.4 Å². The van der Waals surface area contributed by atoms with Crippen LogP contribution in [0.1, 0.15) is 61.0 Å². The Morgan fingerprint density at radius 3 is 2.07 bits per heavy atom. The highest BCUT2D eigenvalue weighted by Gasteiger charge is 2.15. The number of aliphatic carboxylic acids is 1. The molecule has 0 fully saturated rings. The van der Waals surface area contributed by atoms with Gasteiger partial charge in [0.1, 0.15) is 5.78 Å². The number of carbonyl (C=O) groups excluding carboxylic acids is 3. The number of anilines is 2. The van der Waals surface area contributed by atoms with E-state index in [4.69, 9.17) is 28.3 Å². The molecule has 0 radical (unpaired) electrons. The lowest BCUT2D eigenvalue weighted by Crippen LogP contribution is -2.36. The van der Waals surface area contributed by atoms with Gasteiger partial charge >= 0.3 is 5.97 Å². The number of carboxylic acid groups (broad SMARTS) is 1. The molecule has 0 aliphatic heterocycles. The zero-order chi connectivity index (χ0) is 33.4. The van der Waals surface area contributed by atoms with E-state index in [9.17, 15) is 24.3 Å². The first kappa shape index (κ1) is 37.0. The molecule has 11 heteroatoms. The van der Waals surface area contributed by atoms with Gasteiger partial charge in [-0.25, -0.2) is 4.79 Å². The van der Waals surface area contributed by atoms with E-state index in [2.05, 4.69) is 45.9 Å². The number of aliphatic hydroxyl groups is 1. The van der Waals surface area contributed by atoms with Crippen molar-refractivity contribution >= 4 is 64.2 Å². The van der Waals surface area contributed by atoms with Crippen molar-refractivity contribution in [3.8, 4) is 0 Å². The normalized spacial score (nSPS) is 12.5. The summed E-state index contributed by atoms with van der Waals surface area (Å²) in [5, 5.41) is 23.8. The molecule has 2 amide bonds. The van der Waals surface area contributed by atoms with Gasteiger partial charge in [-0.1, -0.05) is 53.5 Å². The molecule has 3 aromatic carbocycles. The molecular formula is C34H39Cl2N3O6. The van der Waals surface area contributed by atoms with Crippen LogP contribution < -0.4 is 15.5 Å². The number of rotatable bonds is 10. The van der Waals surface area contributed by atoms with Gasteiger partial charge < -0.3 is 30.5 Å². The van der Waals surface area contributed by atoms with Crippen LogP contribution in [0.4, 0.5) is 11.4 Å². The average molecular weight is 657 g/mol. The van der Waals surface area contributed by atoms with E-state index in [0.29, 0.717) is 34.3 Å². The number of nitrogens with one attached hydrogen (secondary N) is 2. The summed E-state index contributed by atoms with van der Waals surface area (Å²) in [5.41, 5.74) is 5.94. The molecule has 240 valence electrons. The number of amides is 2. The van der Waals surface area contributed by atoms with Crippen molar-refractivity contribution in [3.63, 3.8) is 0 Å². The van der Waals surface area contributed by atoms with Crippen LogP contribution in [0.5, 0.6) is 0 Å². The summed E-state index contributed by atoms with van der Waals surface area (Å²) in [6, 6.07) is 20.6. The van der Waals surface area contributed by atoms with Crippen LogP contribution in [0.3, 0.4) is 0 Å². The average Bonchev–Trinajstić information content (AvgIpc) is 3.00. The molecule has 45 heavy (non-hydrogen) atoms. The summed E-state index contributed by atoms with van der Waals surface area (Å²) in [6.45, 7) is 3.42. The monoisotopic (exact) mass is 655 g/mol. The zero-order valence-electron chi connectivity index (χ0n) is 25.6. The number of halogens is 2. The van der Waals surface area contributed by atoms with E-state index >= 15 is 0 Å². The van der Waals surface area contributed by atoms with E-state index in [-0.39, 0.29) is 12.3 Å². The van der Waals surface area contributed by atoms with Crippen LogP contribution in [-0.2, 0) is 20.9 Å². The summed E-state index contributed by atoms with van der Waals surface area (Å²) >= 11 is 11.3. The number of aliphatic hydroxyl groups excluding tert-OH is 1. The maximum Gasteiger partial charge on any atom is 0.334 e. The lowest BCUT2D eigenvalue weighted by molar-refractivity contribution is -0.146. The molecule has 3 aromatic rings. The fourth-order valence-corrected chi connectivity index (χ4v) is 4.77. The first-order chi connectivity index (χ1) is 21.4. The van der Waals surface area contributed by atoms with Gasteiger partial charge in [0.25, 0.3) is 5.91 Å². The van der Waals surface area contributed by atoms with Crippen LogP contribution in [-0.4, -0.2) is 54.0 Å². The number of allylic oxidation sites excluding steroid dienone is 2. The molecule has 9 nitrogen and oxygen atoms in total.